The molecule has 2 rings (SSSR count). The Hall–Kier alpha value is -2.03. The van der Waals surface area contributed by atoms with E-state index in [4.69, 9.17) is 8.85 Å². The molecule has 2 aromatic carbocycles. The first kappa shape index (κ1) is 8.97. The van der Waals surface area contributed by atoms with Crippen LogP contribution in [0.5, 0.6) is 5.75 Å². The summed E-state index contributed by atoms with van der Waals surface area (Å²) in [4.78, 5) is 10.9. The number of carbonyl (C=O) groups is 1. The summed E-state index contributed by atoms with van der Waals surface area (Å²) in [6.07, 6.45) is 0.675. The van der Waals surface area contributed by atoms with Gasteiger partial charge in [0.1, 0.15) is 5.75 Å². The molecule has 2 aromatic rings. The van der Waals surface area contributed by atoms with Crippen LogP contribution >= 0.6 is 0 Å². The Balaban J connectivity index is 2.28. The molecule has 1 N–H and O–H groups in total. The van der Waals surface area contributed by atoms with Crippen LogP contribution in [0.2, 0.25) is 0 Å². The van der Waals surface area contributed by atoms with Crippen LogP contribution < -0.4 is 10.1 Å². The second-order valence-corrected chi connectivity index (χ2v) is 4.14. The zero-order valence-electron chi connectivity index (χ0n) is 13.2. The van der Waals surface area contributed by atoms with E-state index in [1.165, 1.54) is 6.92 Å². The van der Waals surface area contributed by atoms with Crippen LogP contribution in [0.1, 0.15) is 16.6 Å². The molecule has 94 valence electrons. The van der Waals surface area contributed by atoms with Crippen LogP contribution in [0.25, 0.3) is 10.8 Å². The van der Waals surface area contributed by atoms with Crippen molar-refractivity contribution in [2.75, 3.05) is 13.6 Å². The molecule has 3 nitrogen and oxygen atoms in total. The molecule has 0 fully saturated rings. The lowest BCUT2D eigenvalue weighted by atomic mass is 10.0. The van der Waals surface area contributed by atoms with Gasteiger partial charge in [-0.2, -0.15) is 0 Å². The topological polar surface area (TPSA) is 38.3 Å². The fraction of sp³-hybridized carbons (Fsp3) is 0.267. The summed E-state index contributed by atoms with van der Waals surface area (Å²) in [7, 11) is -2.46. The van der Waals surface area contributed by atoms with Gasteiger partial charge in [0.15, 0.2) is 0 Å². The average molecular weight is 246 g/mol. The molecule has 0 saturated carbocycles. The fourth-order valence-electron chi connectivity index (χ4n) is 1.97. The fourth-order valence-corrected chi connectivity index (χ4v) is 1.97. The number of fused-ring (bicyclic) bond motifs is 1. The molecule has 1 amide bonds. The van der Waals surface area contributed by atoms with Crippen molar-refractivity contribution >= 4 is 16.7 Å². The van der Waals surface area contributed by atoms with Gasteiger partial charge in [0.25, 0.3) is 0 Å². The third kappa shape index (κ3) is 2.80. The number of methoxy groups -OCH3 is 1. The second-order valence-electron chi connectivity index (χ2n) is 4.14. The Labute approximate surface area is 111 Å². The normalized spacial score (nSPS) is 13.5. The number of hydrogen-bond donors (Lipinski definition) is 1. The molecular formula is C15H17NO2. The molecule has 0 aromatic heterocycles. The van der Waals surface area contributed by atoms with E-state index in [0.29, 0.717) is 18.7 Å². The third-order valence-corrected chi connectivity index (χ3v) is 2.83. The van der Waals surface area contributed by atoms with Gasteiger partial charge in [-0.3, -0.25) is 4.79 Å². The highest BCUT2D eigenvalue weighted by Gasteiger charge is 2.03. The number of rotatable bonds is 4. The third-order valence-electron chi connectivity index (χ3n) is 2.83. The van der Waals surface area contributed by atoms with Gasteiger partial charge in [0, 0.05) is 13.5 Å². The zero-order chi connectivity index (χ0) is 15.5. The minimum atomic E-state index is -2.46. The number of carbonyl (C=O) groups excluding carboxylic acids is 1. The first-order valence-electron chi connectivity index (χ1n) is 7.30. The summed E-state index contributed by atoms with van der Waals surface area (Å²) < 4.78 is 26.4. The van der Waals surface area contributed by atoms with E-state index in [1.54, 1.807) is 12.1 Å². The van der Waals surface area contributed by atoms with E-state index in [0.717, 1.165) is 16.3 Å². The highest BCUT2D eigenvalue weighted by Crippen LogP contribution is 2.24. The highest BCUT2D eigenvalue weighted by atomic mass is 16.5. The van der Waals surface area contributed by atoms with E-state index in [1.807, 2.05) is 24.3 Å². The summed E-state index contributed by atoms with van der Waals surface area (Å²) in [6.45, 7) is 2.02. The average Bonchev–Trinajstić information content (AvgIpc) is 2.37. The van der Waals surface area contributed by atoms with Gasteiger partial charge in [0.05, 0.1) is 11.2 Å². The van der Waals surface area contributed by atoms with Crippen LogP contribution in [-0.2, 0) is 11.2 Å². The summed E-state index contributed by atoms with van der Waals surface area (Å²) in [5, 5.41) is 4.69. The predicted octanol–water partition coefficient (Wildman–Crippen LogP) is 2.53. The Morgan fingerprint density at radius 2 is 2.28 bits per heavy atom. The van der Waals surface area contributed by atoms with Gasteiger partial charge in [-0.1, -0.05) is 24.3 Å². The van der Waals surface area contributed by atoms with Crippen molar-refractivity contribution in [1.29, 1.82) is 0 Å². The van der Waals surface area contributed by atoms with E-state index < -0.39 is 7.04 Å². The summed E-state index contributed by atoms with van der Waals surface area (Å²) in [6, 6.07) is 11.1. The van der Waals surface area contributed by atoms with Gasteiger partial charge >= 0.3 is 0 Å². The van der Waals surface area contributed by atoms with Crippen LogP contribution in [0.3, 0.4) is 0 Å². The lowest BCUT2D eigenvalue weighted by Gasteiger charge is -2.08. The van der Waals surface area contributed by atoms with E-state index >= 15 is 0 Å². The maximum atomic E-state index is 10.9. The maximum absolute atomic E-state index is 10.9. The Bertz CT molecular complexity index is 653. The molecule has 0 unspecified atom stereocenters. The van der Waals surface area contributed by atoms with Crippen LogP contribution in [0.4, 0.5) is 0 Å². The first-order chi connectivity index (χ1) is 9.85. The van der Waals surface area contributed by atoms with Gasteiger partial charge in [-0.05, 0) is 34.9 Å². The minimum Gasteiger partial charge on any atom is -0.497 e. The highest BCUT2D eigenvalue weighted by molar-refractivity contribution is 5.87. The SMILES string of the molecule is [2H]C([2H])([2H])Oc1ccc2cccc(CCNC(C)=O)c2c1. The van der Waals surface area contributed by atoms with Crippen LogP contribution in [-0.4, -0.2) is 19.5 Å². The second kappa shape index (κ2) is 5.54. The van der Waals surface area contributed by atoms with Gasteiger partial charge < -0.3 is 10.1 Å². The van der Waals surface area contributed by atoms with Crippen molar-refractivity contribution in [2.45, 2.75) is 13.3 Å². The van der Waals surface area contributed by atoms with E-state index in [9.17, 15) is 4.79 Å². The molecular weight excluding hydrogens is 226 g/mol. The summed E-state index contributed by atoms with van der Waals surface area (Å²) >= 11 is 0. The molecule has 0 aliphatic rings. The lowest BCUT2D eigenvalue weighted by Crippen LogP contribution is -2.22. The monoisotopic (exact) mass is 246 g/mol. The number of hydrogen-bond acceptors (Lipinski definition) is 2. The number of ether oxygens (including phenoxy) is 1. The molecule has 18 heavy (non-hydrogen) atoms. The number of nitrogens with one attached hydrogen (secondary N) is 1. The Morgan fingerprint density at radius 1 is 1.39 bits per heavy atom. The van der Waals surface area contributed by atoms with Gasteiger partial charge in [-0.15, -0.1) is 0 Å². The van der Waals surface area contributed by atoms with Gasteiger partial charge in [0.2, 0.25) is 5.91 Å². The van der Waals surface area contributed by atoms with Crippen molar-refractivity contribution in [1.82, 2.24) is 5.32 Å². The molecule has 3 heteroatoms. The largest absolute Gasteiger partial charge is 0.497 e. The summed E-state index contributed by atoms with van der Waals surface area (Å²) in [5.41, 5.74) is 1.04. The number of benzene rings is 2. The molecule has 0 radical (unpaired) electrons. The van der Waals surface area contributed by atoms with E-state index in [2.05, 4.69) is 5.32 Å². The molecule has 0 aliphatic carbocycles. The lowest BCUT2D eigenvalue weighted by molar-refractivity contribution is -0.118. The Morgan fingerprint density at radius 3 is 3.06 bits per heavy atom. The zero-order valence-corrected chi connectivity index (χ0v) is 10.2. The van der Waals surface area contributed by atoms with Crippen molar-refractivity contribution in [2.24, 2.45) is 0 Å². The Kier molecular flexibility index (Phi) is 2.76. The smallest absolute Gasteiger partial charge is 0.216 e. The molecule has 0 aliphatic heterocycles. The number of amides is 1. The maximum Gasteiger partial charge on any atom is 0.216 e. The molecule has 0 spiro atoms. The van der Waals surface area contributed by atoms with Crippen LogP contribution in [0.15, 0.2) is 36.4 Å². The predicted molar refractivity (Wildman–Crippen MR) is 72.9 cm³/mol. The quantitative estimate of drug-likeness (QED) is 0.900. The van der Waals surface area contributed by atoms with Crippen LogP contribution in [0, 0.1) is 0 Å². The first-order valence-corrected chi connectivity index (χ1v) is 5.80. The molecule has 0 bridgehead atoms. The van der Waals surface area contributed by atoms with Crippen molar-refractivity contribution < 1.29 is 13.6 Å². The van der Waals surface area contributed by atoms with Crippen molar-refractivity contribution in [3.05, 3.63) is 42.0 Å². The molecule has 0 saturated heterocycles. The molecule has 0 atom stereocenters. The molecule has 0 heterocycles. The van der Waals surface area contributed by atoms with E-state index in [-0.39, 0.29) is 5.91 Å². The summed E-state index contributed by atoms with van der Waals surface area (Å²) in [5.74, 6) is 0.246. The van der Waals surface area contributed by atoms with Crippen molar-refractivity contribution in [3.8, 4) is 5.75 Å². The van der Waals surface area contributed by atoms with Gasteiger partial charge in [-0.25, -0.2) is 0 Å². The minimum absolute atomic E-state index is 0.0679. The standard InChI is InChI=1S/C15H17NO2/c1-11(17)16-9-8-13-5-3-4-12-6-7-14(18-2)10-15(12)13/h3-7,10H,8-9H2,1-2H3,(H,16,17)/i2D3. The van der Waals surface area contributed by atoms with Crippen molar-refractivity contribution in [3.63, 3.8) is 0 Å².